The normalized spacial score (nSPS) is 21.1. The second kappa shape index (κ2) is 23.6. The molecule has 3 aliphatic rings. The molecule has 3 N–H and O–H groups in total. The van der Waals surface area contributed by atoms with Crippen LogP contribution in [0.15, 0.2) is 48.7 Å². The zero-order chi connectivity index (χ0) is 39.0. The lowest BCUT2D eigenvalue weighted by atomic mass is 9.96. The Morgan fingerprint density at radius 2 is 1.54 bits per heavy atom. The fourth-order valence-electron chi connectivity index (χ4n) is 8.23. The molecule has 12 nitrogen and oxygen atoms in total. The molecule has 5 heterocycles. The molecule has 338 valence electrons. The van der Waals surface area contributed by atoms with Gasteiger partial charge in [-0.15, -0.1) is 0 Å². The molecule has 18 heteroatoms. The summed E-state index contributed by atoms with van der Waals surface area (Å²) < 4.78 is 11.0. The molecular weight excluding hydrogens is 887 g/mol. The van der Waals surface area contributed by atoms with Crippen molar-refractivity contribution in [1.82, 2.24) is 35.1 Å². The minimum absolute atomic E-state index is 0. The second-order valence-electron chi connectivity index (χ2n) is 16.4. The molecular formula is C43H65N7O5S6. The zero-order valence-electron chi connectivity index (χ0n) is 35.9. The van der Waals surface area contributed by atoms with Crippen molar-refractivity contribution in [3.8, 4) is 23.1 Å². The molecule has 3 saturated heterocycles. The smallest absolute Gasteiger partial charge is 0.407 e. The van der Waals surface area contributed by atoms with Crippen LogP contribution in [0, 0.1) is 35.5 Å². The van der Waals surface area contributed by atoms with E-state index < -0.39 is 12.1 Å². The molecule has 0 radical (unpaired) electrons. The molecule has 1 spiro atoms. The summed E-state index contributed by atoms with van der Waals surface area (Å²) in [6, 6.07) is 12.9. The summed E-state index contributed by atoms with van der Waals surface area (Å²) in [7, 11) is 1.29. The molecule has 0 saturated carbocycles. The number of amides is 3. The number of benzene rings is 2. The van der Waals surface area contributed by atoms with Gasteiger partial charge < -0.3 is 34.6 Å². The first kappa shape index (κ1) is 56.0. The summed E-state index contributed by atoms with van der Waals surface area (Å²) in [4.78, 5) is 59.8. The maximum Gasteiger partial charge on any atom is 0.407 e. The predicted molar refractivity (Wildman–Crippen MR) is 272 cm³/mol. The van der Waals surface area contributed by atoms with Crippen molar-refractivity contribution in [2.75, 3.05) is 26.8 Å². The number of carbonyl (C=O) groups is 3. The number of imidazole rings is 2. The van der Waals surface area contributed by atoms with Crippen molar-refractivity contribution in [3.05, 3.63) is 71.4 Å². The van der Waals surface area contributed by atoms with Gasteiger partial charge in [0, 0.05) is 36.6 Å². The minimum Gasteiger partial charge on any atom is -0.453 e. The average Bonchev–Trinajstić information content (AvgIpc) is 4.03. The Hall–Kier alpha value is -3.05. The van der Waals surface area contributed by atoms with Crippen LogP contribution in [0.1, 0.15) is 102 Å². The van der Waals surface area contributed by atoms with E-state index >= 15 is 0 Å². The third-order valence-corrected chi connectivity index (χ3v) is 11.7. The number of aromatic nitrogens is 4. The quantitative estimate of drug-likeness (QED) is 0.156. The van der Waals surface area contributed by atoms with E-state index in [2.05, 4.69) is 47.9 Å². The number of nitrogens with zero attached hydrogens (tertiary/aromatic N) is 4. The van der Waals surface area contributed by atoms with E-state index in [1.807, 2.05) is 73.0 Å². The lowest BCUT2D eigenvalue weighted by Gasteiger charge is -2.30. The minimum atomic E-state index is -0.694. The SMILES string of the molecule is COC(=O)N[C@H](C(=O)N1C[C@@H](C)C[C@H]1c1ncc(-c2ccc(C#Cc3ccc4nc([C@@H]5C[C@@]6(CCCO6)CN5C(=O)[C@@H](C)C(C)C)[nH]c4c3)cc2)[nH]1)C(C)C.S.S.S.S.S.S. The third kappa shape index (κ3) is 12.2. The molecule has 61 heavy (non-hydrogen) atoms. The van der Waals surface area contributed by atoms with Crippen molar-refractivity contribution in [2.24, 2.45) is 23.7 Å². The van der Waals surface area contributed by atoms with Crippen molar-refractivity contribution < 1.29 is 23.9 Å². The van der Waals surface area contributed by atoms with Crippen LogP contribution in [-0.2, 0) is 19.1 Å². The van der Waals surface area contributed by atoms with E-state index in [9.17, 15) is 14.4 Å². The number of alkyl carbamates (subject to hydrolysis) is 1. The van der Waals surface area contributed by atoms with E-state index in [0.717, 1.165) is 77.4 Å². The van der Waals surface area contributed by atoms with Gasteiger partial charge in [0.25, 0.3) is 0 Å². The van der Waals surface area contributed by atoms with E-state index in [0.29, 0.717) is 13.1 Å². The molecule has 3 fully saturated rings. The van der Waals surface area contributed by atoms with Crippen LogP contribution in [0.25, 0.3) is 22.3 Å². The predicted octanol–water partition coefficient (Wildman–Crippen LogP) is 7.43. The molecule has 3 amide bonds. The molecule has 6 atom stereocenters. The van der Waals surface area contributed by atoms with Gasteiger partial charge in [-0.05, 0) is 72.9 Å². The van der Waals surface area contributed by atoms with Gasteiger partial charge in [-0.1, -0.05) is 65.5 Å². The van der Waals surface area contributed by atoms with Crippen LogP contribution in [0.2, 0.25) is 0 Å². The average molecular weight is 952 g/mol. The number of hydrogen-bond acceptors (Lipinski definition) is 7. The number of methoxy groups -OCH3 is 1. The number of aromatic amines is 2. The Morgan fingerprint density at radius 3 is 2.16 bits per heavy atom. The van der Waals surface area contributed by atoms with Crippen molar-refractivity contribution >= 4 is 110 Å². The van der Waals surface area contributed by atoms with Crippen molar-refractivity contribution in [1.29, 1.82) is 0 Å². The second-order valence-corrected chi connectivity index (χ2v) is 16.4. The number of rotatable bonds is 8. The monoisotopic (exact) mass is 951 g/mol. The van der Waals surface area contributed by atoms with Gasteiger partial charge in [-0.25, -0.2) is 14.8 Å². The van der Waals surface area contributed by atoms with Gasteiger partial charge >= 0.3 is 6.09 Å². The van der Waals surface area contributed by atoms with Crippen LogP contribution in [0.3, 0.4) is 0 Å². The van der Waals surface area contributed by atoms with Crippen molar-refractivity contribution in [2.45, 2.75) is 91.0 Å². The van der Waals surface area contributed by atoms with Crippen LogP contribution in [0.4, 0.5) is 4.79 Å². The molecule has 2 aromatic heterocycles. The summed E-state index contributed by atoms with van der Waals surface area (Å²) >= 11 is 0. The van der Waals surface area contributed by atoms with E-state index in [4.69, 9.17) is 19.4 Å². The topological polar surface area (TPSA) is 146 Å². The highest BCUT2D eigenvalue weighted by Crippen LogP contribution is 2.45. The van der Waals surface area contributed by atoms with Crippen LogP contribution in [-0.4, -0.2) is 86.1 Å². The molecule has 7 rings (SSSR count). The fraction of sp³-hybridized carbons (Fsp3) is 0.512. The Balaban J connectivity index is 0.00000310. The lowest BCUT2D eigenvalue weighted by Crippen LogP contribution is -2.51. The number of hydrogen-bond donors (Lipinski definition) is 3. The van der Waals surface area contributed by atoms with Gasteiger partial charge in [-0.3, -0.25) is 9.59 Å². The summed E-state index contributed by atoms with van der Waals surface area (Å²) in [5.41, 5.74) is 4.98. The highest BCUT2D eigenvalue weighted by molar-refractivity contribution is 7.60. The number of H-pyrrole nitrogens is 2. The number of nitrogens with one attached hydrogen (secondary N) is 3. The maximum atomic E-state index is 13.7. The first-order valence-corrected chi connectivity index (χ1v) is 19.6. The molecule has 2 aromatic carbocycles. The number of likely N-dealkylation sites (tertiary alicyclic amines) is 2. The fourth-order valence-corrected chi connectivity index (χ4v) is 8.23. The molecule has 4 aromatic rings. The highest BCUT2D eigenvalue weighted by atomic mass is 32.1. The zero-order valence-corrected chi connectivity index (χ0v) is 41.9. The van der Waals surface area contributed by atoms with E-state index in [1.54, 1.807) is 6.20 Å². The van der Waals surface area contributed by atoms with Crippen LogP contribution >= 0.6 is 81.0 Å². The van der Waals surface area contributed by atoms with Gasteiger partial charge in [0.2, 0.25) is 11.8 Å². The first-order valence-electron chi connectivity index (χ1n) is 19.6. The number of carbonyl (C=O) groups excluding carboxylic acids is 3. The van der Waals surface area contributed by atoms with Gasteiger partial charge in [0.15, 0.2) is 0 Å². The molecule has 0 bridgehead atoms. The van der Waals surface area contributed by atoms with Crippen LogP contribution < -0.4 is 5.32 Å². The highest BCUT2D eigenvalue weighted by Gasteiger charge is 2.50. The van der Waals surface area contributed by atoms with Crippen LogP contribution in [0.5, 0.6) is 0 Å². The summed E-state index contributed by atoms with van der Waals surface area (Å²) in [5, 5.41) is 2.71. The Morgan fingerprint density at radius 1 is 0.869 bits per heavy atom. The Kier molecular flexibility index (Phi) is 21.6. The third-order valence-electron chi connectivity index (χ3n) is 11.7. The van der Waals surface area contributed by atoms with E-state index in [-0.39, 0.29) is 134 Å². The van der Waals surface area contributed by atoms with Crippen molar-refractivity contribution in [3.63, 3.8) is 0 Å². The number of fused-ring (bicyclic) bond motifs is 1. The largest absolute Gasteiger partial charge is 0.453 e. The van der Waals surface area contributed by atoms with E-state index in [1.165, 1.54) is 7.11 Å². The summed E-state index contributed by atoms with van der Waals surface area (Å²) in [5.74, 6) is 8.48. The summed E-state index contributed by atoms with van der Waals surface area (Å²) in [6.45, 7) is 14.1. The van der Waals surface area contributed by atoms with Gasteiger partial charge in [-0.2, -0.15) is 81.0 Å². The van der Waals surface area contributed by atoms with Gasteiger partial charge in [0.1, 0.15) is 17.7 Å². The number of ether oxygens (including phenoxy) is 2. The molecule has 0 unspecified atom stereocenters. The molecule has 0 aliphatic carbocycles. The Bertz CT molecular complexity index is 2130. The molecule has 3 aliphatic heterocycles. The lowest BCUT2D eigenvalue weighted by molar-refractivity contribution is -0.138. The maximum absolute atomic E-state index is 13.7. The summed E-state index contributed by atoms with van der Waals surface area (Å²) in [6.07, 6.45) is 4.68. The first-order chi connectivity index (χ1) is 26.3. The standard InChI is InChI=1S/C43H53N7O5.6H2S/c1-25(2)28(6)40(51)50-24-43(17-8-18-55-43)21-36(50)39-45-32-16-13-30(20-33(32)46-39)10-9-29-11-14-31(15-12-29)34-22-44-38(47-34)35-19-27(5)23-49(35)41(52)37(26(3)4)48-42(53)54-7;;;;;;/h11-16,20,22,25-28,35-37H,8,17-19,21,23-24H2,1-7H3,(H,44,47)(H,45,46)(H,48,53);6*1H2/t27-,28-,35-,36-,37-,43-;;;;;;/m0....../s1. The van der Waals surface area contributed by atoms with Gasteiger partial charge in [0.05, 0.1) is 54.3 Å². The Labute approximate surface area is 402 Å².